The molecule has 0 atom stereocenters. The van der Waals surface area contributed by atoms with Gasteiger partial charge in [0.2, 0.25) is 5.88 Å². The summed E-state index contributed by atoms with van der Waals surface area (Å²) >= 11 is 0. The van der Waals surface area contributed by atoms with Crippen molar-refractivity contribution in [2.24, 2.45) is 0 Å². The molecule has 4 rings (SSSR count). The van der Waals surface area contributed by atoms with Crippen LogP contribution in [0.25, 0.3) is 5.82 Å². The molecule has 162 valence electrons. The van der Waals surface area contributed by atoms with Crippen molar-refractivity contribution in [1.82, 2.24) is 19.7 Å². The molecule has 0 saturated heterocycles. The summed E-state index contributed by atoms with van der Waals surface area (Å²) in [7, 11) is -3.91. The monoisotopic (exact) mass is 452 g/mol. The summed E-state index contributed by atoms with van der Waals surface area (Å²) in [5.41, 5.74) is 0.105. The van der Waals surface area contributed by atoms with Crippen molar-refractivity contribution < 1.29 is 18.1 Å². The summed E-state index contributed by atoms with van der Waals surface area (Å²) in [5.74, 6) is 1.79. The fourth-order valence-corrected chi connectivity index (χ4v) is 3.83. The third-order valence-corrected chi connectivity index (χ3v) is 5.62. The highest BCUT2D eigenvalue weighted by Crippen LogP contribution is 2.25. The second-order valence-electron chi connectivity index (χ2n) is 6.55. The molecule has 0 unspecified atom stereocenters. The van der Waals surface area contributed by atoms with Gasteiger partial charge in [0.1, 0.15) is 11.6 Å². The minimum absolute atomic E-state index is 0.0916. The molecule has 0 spiro atoms. The van der Waals surface area contributed by atoms with E-state index in [1.54, 1.807) is 48.3 Å². The first-order valence-electron chi connectivity index (χ1n) is 9.21. The third kappa shape index (κ3) is 4.70. The van der Waals surface area contributed by atoms with E-state index < -0.39 is 14.9 Å². The van der Waals surface area contributed by atoms with Crippen LogP contribution < -0.4 is 9.46 Å². The molecule has 11 nitrogen and oxygen atoms in total. The van der Waals surface area contributed by atoms with Gasteiger partial charge in [0.05, 0.1) is 9.82 Å². The molecule has 2 aromatic carbocycles. The summed E-state index contributed by atoms with van der Waals surface area (Å²) in [6.45, 7) is 1.73. The van der Waals surface area contributed by atoms with E-state index in [0.717, 1.165) is 12.1 Å². The van der Waals surface area contributed by atoms with Crippen molar-refractivity contribution in [2.75, 3.05) is 4.72 Å². The molecule has 0 aliphatic carbocycles. The zero-order chi connectivity index (χ0) is 22.7. The van der Waals surface area contributed by atoms with Crippen LogP contribution in [0.1, 0.15) is 5.82 Å². The quantitative estimate of drug-likeness (QED) is 0.332. The molecule has 2 aromatic heterocycles. The van der Waals surface area contributed by atoms with Crippen molar-refractivity contribution in [3.8, 4) is 17.4 Å². The average Bonchev–Trinajstić information content (AvgIpc) is 3.30. The number of hydrogen-bond acceptors (Lipinski definition) is 8. The van der Waals surface area contributed by atoms with E-state index in [1.165, 1.54) is 24.3 Å². The van der Waals surface area contributed by atoms with Gasteiger partial charge in [-0.15, -0.1) is 0 Å². The minimum atomic E-state index is -3.91. The maximum absolute atomic E-state index is 12.5. The topological polar surface area (TPSA) is 142 Å². The number of aromatic nitrogens is 4. The number of sulfonamides is 1. The Hall–Kier alpha value is -4.32. The van der Waals surface area contributed by atoms with Gasteiger partial charge in [0.15, 0.2) is 5.82 Å². The third-order valence-electron chi connectivity index (χ3n) is 4.23. The van der Waals surface area contributed by atoms with Gasteiger partial charge in [-0.05, 0) is 49.4 Å². The number of hydrogen-bond donors (Lipinski definition) is 1. The molecule has 12 heteroatoms. The minimum Gasteiger partial charge on any atom is -0.439 e. The lowest BCUT2D eigenvalue weighted by Crippen LogP contribution is -2.12. The molecule has 0 amide bonds. The molecule has 0 saturated carbocycles. The maximum Gasteiger partial charge on any atom is 0.269 e. The van der Waals surface area contributed by atoms with Crippen molar-refractivity contribution in [1.29, 1.82) is 0 Å². The highest BCUT2D eigenvalue weighted by Gasteiger charge is 2.16. The molecule has 0 aliphatic rings. The Balaban J connectivity index is 1.48. The lowest BCUT2D eigenvalue weighted by Gasteiger charge is -2.10. The SMILES string of the molecule is Cc1nc(Oc2ccc(NS(=O)(=O)c3ccc([N+](=O)[O-])cc3)cc2)cc(-n2cccn2)n1. The molecule has 0 aliphatic heterocycles. The number of benzene rings is 2. The fourth-order valence-electron chi connectivity index (χ4n) is 2.77. The van der Waals surface area contributed by atoms with Crippen LogP contribution in [-0.4, -0.2) is 33.1 Å². The lowest BCUT2D eigenvalue weighted by atomic mass is 10.3. The summed E-state index contributed by atoms with van der Waals surface area (Å²) in [6.07, 6.45) is 3.38. The Morgan fingerprint density at radius 2 is 1.78 bits per heavy atom. The molecule has 0 fully saturated rings. The van der Waals surface area contributed by atoms with Gasteiger partial charge >= 0.3 is 0 Å². The molecule has 2 heterocycles. The summed E-state index contributed by atoms with van der Waals surface area (Å²) in [4.78, 5) is 18.6. The largest absolute Gasteiger partial charge is 0.439 e. The van der Waals surface area contributed by atoms with Crippen molar-refractivity contribution in [2.45, 2.75) is 11.8 Å². The summed E-state index contributed by atoms with van der Waals surface area (Å²) < 4.78 is 34.8. The van der Waals surface area contributed by atoms with Crippen molar-refractivity contribution in [3.63, 3.8) is 0 Å². The second-order valence-corrected chi connectivity index (χ2v) is 8.23. The van der Waals surface area contributed by atoms with Gasteiger partial charge in [-0.1, -0.05) is 0 Å². The van der Waals surface area contributed by atoms with E-state index in [-0.39, 0.29) is 10.6 Å². The number of nitro benzene ring substituents is 1. The van der Waals surface area contributed by atoms with Crippen LogP contribution >= 0.6 is 0 Å². The van der Waals surface area contributed by atoms with Gasteiger partial charge in [-0.2, -0.15) is 10.1 Å². The zero-order valence-electron chi connectivity index (χ0n) is 16.6. The predicted molar refractivity (Wildman–Crippen MR) is 114 cm³/mol. The highest BCUT2D eigenvalue weighted by molar-refractivity contribution is 7.92. The normalized spacial score (nSPS) is 11.2. The number of ether oxygens (including phenoxy) is 1. The second kappa shape index (κ2) is 8.43. The molecular weight excluding hydrogens is 436 g/mol. The number of non-ortho nitro benzene ring substituents is 1. The highest BCUT2D eigenvalue weighted by atomic mass is 32.2. The van der Waals surface area contributed by atoms with Crippen LogP contribution in [0.4, 0.5) is 11.4 Å². The molecule has 4 aromatic rings. The number of aryl methyl sites for hydroxylation is 1. The maximum atomic E-state index is 12.5. The van der Waals surface area contributed by atoms with E-state index in [1.807, 2.05) is 0 Å². The van der Waals surface area contributed by atoms with Crippen LogP contribution in [0.15, 0.2) is 78.0 Å². The fraction of sp³-hybridized carbons (Fsp3) is 0.0500. The molecule has 1 N–H and O–H groups in total. The van der Waals surface area contributed by atoms with E-state index >= 15 is 0 Å². The number of nitro groups is 1. The first kappa shape index (κ1) is 20.9. The Bertz CT molecular complexity index is 1350. The van der Waals surface area contributed by atoms with Gasteiger partial charge in [-0.25, -0.2) is 18.1 Å². The number of rotatable bonds is 7. The summed E-state index contributed by atoms with van der Waals surface area (Å²) in [5, 5.41) is 14.9. The van der Waals surface area contributed by atoms with E-state index in [0.29, 0.717) is 29.0 Å². The molecular formula is C20H16N6O5S. The molecule has 32 heavy (non-hydrogen) atoms. The summed E-state index contributed by atoms with van der Waals surface area (Å²) in [6, 6.07) is 14.2. The Kier molecular flexibility index (Phi) is 5.52. The standard InChI is InChI=1S/C20H16N6O5S/c1-14-22-19(25-12-2-11-21-25)13-20(23-14)31-17-7-3-15(4-8-17)24-32(29,30)18-9-5-16(6-10-18)26(27)28/h2-13,24H,1H3. The first-order chi connectivity index (χ1) is 15.3. The molecule has 0 bridgehead atoms. The number of nitrogens with zero attached hydrogens (tertiary/aromatic N) is 5. The number of nitrogens with one attached hydrogen (secondary N) is 1. The van der Waals surface area contributed by atoms with Gasteiger partial charge < -0.3 is 4.74 Å². The van der Waals surface area contributed by atoms with Gasteiger partial charge in [0.25, 0.3) is 15.7 Å². The van der Waals surface area contributed by atoms with Crippen molar-refractivity contribution >= 4 is 21.4 Å². The number of anilines is 1. The van der Waals surface area contributed by atoms with E-state index in [9.17, 15) is 18.5 Å². The van der Waals surface area contributed by atoms with Crippen LogP contribution in [-0.2, 0) is 10.0 Å². The first-order valence-corrected chi connectivity index (χ1v) is 10.7. The average molecular weight is 452 g/mol. The van der Waals surface area contributed by atoms with Crippen LogP contribution in [0.5, 0.6) is 11.6 Å². The van der Waals surface area contributed by atoms with E-state index in [2.05, 4.69) is 19.8 Å². The molecule has 0 radical (unpaired) electrons. The van der Waals surface area contributed by atoms with Gasteiger partial charge in [-0.3, -0.25) is 14.8 Å². The Morgan fingerprint density at radius 3 is 2.41 bits per heavy atom. The lowest BCUT2D eigenvalue weighted by molar-refractivity contribution is -0.384. The van der Waals surface area contributed by atoms with Crippen molar-refractivity contribution in [3.05, 3.63) is 89.0 Å². The van der Waals surface area contributed by atoms with Gasteiger partial charge in [0, 0.05) is 36.3 Å². The smallest absolute Gasteiger partial charge is 0.269 e. The van der Waals surface area contributed by atoms with E-state index in [4.69, 9.17) is 4.74 Å². The Labute approximate surface area is 182 Å². The van der Waals surface area contributed by atoms with Crippen LogP contribution in [0, 0.1) is 17.0 Å². The van der Waals surface area contributed by atoms with Crippen LogP contribution in [0.2, 0.25) is 0 Å². The zero-order valence-corrected chi connectivity index (χ0v) is 17.4. The van der Waals surface area contributed by atoms with Crippen LogP contribution in [0.3, 0.4) is 0 Å². The predicted octanol–water partition coefficient (Wildman–Crippen LogP) is 3.47. The Morgan fingerprint density at radius 1 is 1.06 bits per heavy atom.